The number of aromatic nitrogens is 2. The summed E-state index contributed by atoms with van der Waals surface area (Å²) in [5.74, 6) is -0.349. The van der Waals surface area contributed by atoms with Gasteiger partial charge >= 0.3 is 5.97 Å². The minimum Gasteiger partial charge on any atom is -0.497 e. The number of carboxylic acids is 1. The number of hydrogen-bond donors (Lipinski definition) is 2. The van der Waals surface area contributed by atoms with E-state index in [-0.39, 0.29) is 18.8 Å². The summed E-state index contributed by atoms with van der Waals surface area (Å²) in [6.45, 7) is -0.0121. The maximum Gasteiger partial charge on any atom is 0.354 e. The number of carboxylic acid groups (broad SMARTS) is 1. The molecule has 2 rings (SSSR count). The van der Waals surface area contributed by atoms with E-state index in [9.17, 15) is 4.79 Å². The number of aliphatic hydroxyl groups excluding tert-OH is 1. The minimum absolute atomic E-state index is 0.0554. The fourth-order valence-corrected chi connectivity index (χ4v) is 1.76. The number of rotatable bonds is 5. The first-order chi connectivity index (χ1) is 9.15. The number of carbonyl (C=O) groups is 1. The largest absolute Gasteiger partial charge is 0.497 e. The van der Waals surface area contributed by atoms with Gasteiger partial charge in [-0.1, -0.05) is 0 Å². The third kappa shape index (κ3) is 2.74. The highest BCUT2D eigenvalue weighted by molar-refractivity contribution is 5.87. The maximum atomic E-state index is 11.1. The van der Waals surface area contributed by atoms with Crippen LogP contribution in [0.25, 0.3) is 11.3 Å². The van der Waals surface area contributed by atoms with Gasteiger partial charge in [0.15, 0.2) is 0 Å². The molecule has 6 nitrogen and oxygen atoms in total. The van der Waals surface area contributed by atoms with Crippen molar-refractivity contribution >= 4 is 5.97 Å². The minimum atomic E-state index is -1.07. The Morgan fingerprint density at radius 1 is 1.37 bits per heavy atom. The summed E-state index contributed by atoms with van der Waals surface area (Å²) < 4.78 is 6.34. The molecule has 0 saturated heterocycles. The molecule has 0 unspecified atom stereocenters. The van der Waals surface area contributed by atoms with Crippen molar-refractivity contribution < 1.29 is 19.7 Å². The number of aromatic carboxylic acids is 1. The summed E-state index contributed by atoms with van der Waals surface area (Å²) in [6.07, 6.45) is 0. The molecule has 0 atom stereocenters. The average Bonchev–Trinajstić information content (AvgIpc) is 2.83. The van der Waals surface area contributed by atoms with Crippen LogP contribution in [0.5, 0.6) is 5.75 Å². The SMILES string of the molecule is COc1ccc(-c2cc(C(=O)O)n(CCO)n2)cc1. The molecule has 19 heavy (non-hydrogen) atoms. The molecule has 0 fully saturated rings. The molecule has 0 amide bonds. The van der Waals surface area contributed by atoms with Crippen LogP contribution in [0.3, 0.4) is 0 Å². The highest BCUT2D eigenvalue weighted by Gasteiger charge is 2.14. The number of ether oxygens (including phenoxy) is 1. The van der Waals surface area contributed by atoms with E-state index in [1.54, 1.807) is 31.4 Å². The molecule has 1 heterocycles. The predicted molar refractivity (Wildman–Crippen MR) is 68.3 cm³/mol. The van der Waals surface area contributed by atoms with E-state index >= 15 is 0 Å². The Hall–Kier alpha value is -2.34. The Labute approximate surface area is 109 Å². The molecule has 0 aliphatic heterocycles. The Kier molecular flexibility index (Phi) is 3.82. The zero-order valence-electron chi connectivity index (χ0n) is 10.4. The zero-order chi connectivity index (χ0) is 13.8. The van der Waals surface area contributed by atoms with E-state index in [4.69, 9.17) is 14.9 Å². The standard InChI is InChI=1S/C13H14N2O4/c1-19-10-4-2-9(3-5-10)11-8-12(13(17)18)15(14-11)6-7-16/h2-5,8,16H,6-7H2,1H3,(H,17,18). The fraction of sp³-hybridized carbons (Fsp3) is 0.231. The van der Waals surface area contributed by atoms with Gasteiger partial charge in [-0.3, -0.25) is 4.68 Å². The van der Waals surface area contributed by atoms with Crippen LogP contribution < -0.4 is 4.74 Å². The van der Waals surface area contributed by atoms with Gasteiger partial charge in [0.05, 0.1) is 26.0 Å². The van der Waals surface area contributed by atoms with Crippen molar-refractivity contribution in [2.45, 2.75) is 6.54 Å². The van der Waals surface area contributed by atoms with E-state index in [0.29, 0.717) is 5.69 Å². The van der Waals surface area contributed by atoms with Gasteiger partial charge in [0.2, 0.25) is 0 Å². The average molecular weight is 262 g/mol. The topological polar surface area (TPSA) is 84.6 Å². The van der Waals surface area contributed by atoms with Crippen molar-refractivity contribution in [2.24, 2.45) is 0 Å². The smallest absolute Gasteiger partial charge is 0.354 e. The Balaban J connectivity index is 2.38. The summed E-state index contributed by atoms with van der Waals surface area (Å²) in [6, 6.07) is 8.65. The van der Waals surface area contributed by atoms with Crippen molar-refractivity contribution in [2.75, 3.05) is 13.7 Å². The van der Waals surface area contributed by atoms with Gasteiger partial charge in [0, 0.05) is 5.56 Å². The van der Waals surface area contributed by atoms with Gasteiger partial charge in [-0.2, -0.15) is 5.10 Å². The van der Waals surface area contributed by atoms with Crippen LogP contribution in [0.15, 0.2) is 30.3 Å². The number of hydrogen-bond acceptors (Lipinski definition) is 4. The fourth-order valence-electron chi connectivity index (χ4n) is 1.76. The van der Waals surface area contributed by atoms with E-state index in [2.05, 4.69) is 5.10 Å². The molecule has 2 aromatic rings. The van der Waals surface area contributed by atoms with Gasteiger partial charge in [0.1, 0.15) is 11.4 Å². The van der Waals surface area contributed by atoms with Crippen molar-refractivity contribution in [3.05, 3.63) is 36.0 Å². The molecule has 0 aliphatic carbocycles. The highest BCUT2D eigenvalue weighted by atomic mass is 16.5. The van der Waals surface area contributed by atoms with E-state index in [1.807, 2.05) is 0 Å². The summed E-state index contributed by atoms with van der Waals surface area (Å²) in [5.41, 5.74) is 1.40. The molecule has 0 bridgehead atoms. The molecule has 1 aromatic heterocycles. The first kappa shape index (κ1) is 13.1. The second-order valence-electron chi connectivity index (χ2n) is 3.90. The zero-order valence-corrected chi connectivity index (χ0v) is 10.4. The monoisotopic (exact) mass is 262 g/mol. The summed E-state index contributed by atoms with van der Waals surface area (Å²) in [5, 5.41) is 22.2. The molecule has 0 spiro atoms. The van der Waals surface area contributed by atoms with Crippen molar-refractivity contribution in [3.63, 3.8) is 0 Å². The van der Waals surface area contributed by atoms with Crippen LogP contribution in [0.1, 0.15) is 10.5 Å². The molecular formula is C13H14N2O4. The van der Waals surface area contributed by atoms with Gasteiger partial charge < -0.3 is 14.9 Å². The van der Waals surface area contributed by atoms with E-state index in [0.717, 1.165) is 11.3 Å². The maximum absolute atomic E-state index is 11.1. The number of benzene rings is 1. The number of methoxy groups -OCH3 is 1. The van der Waals surface area contributed by atoms with E-state index < -0.39 is 5.97 Å². The molecule has 6 heteroatoms. The normalized spacial score (nSPS) is 10.4. The molecule has 0 saturated carbocycles. The summed E-state index contributed by atoms with van der Waals surface area (Å²) in [7, 11) is 1.58. The summed E-state index contributed by atoms with van der Waals surface area (Å²) in [4.78, 5) is 11.1. The molecule has 2 N–H and O–H groups in total. The molecule has 100 valence electrons. The summed E-state index contributed by atoms with van der Waals surface area (Å²) >= 11 is 0. The van der Waals surface area contributed by atoms with Gasteiger partial charge in [-0.25, -0.2) is 4.79 Å². The van der Waals surface area contributed by atoms with Crippen LogP contribution >= 0.6 is 0 Å². The second-order valence-corrected chi connectivity index (χ2v) is 3.90. The molecule has 1 aromatic carbocycles. The number of aliphatic hydroxyl groups is 1. The van der Waals surface area contributed by atoms with Crippen LogP contribution in [0.4, 0.5) is 0 Å². The first-order valence-electron chi connectivity index (χ1n) is 5.72. The van der Waals surface area contributed by atoms with Crippen LogP contribution in [0.2, 0.25) is 0 Å². The lowest BCUT2D eigenvalue weighted by molar-refractivity contribution is 0.0681. The molecule has 0 radical (unpaired) electrons. The predicted octanol–water partition coefficient (Wildman–Crippen LogP) is 1.25. The highest BCUT2D eigenvalue weighted by Crippen LogP contribution is 2.22. The lowest BCUT2D eigenvalue weighted by Gasteiger charge is -2.01. The molecular weight excluding hydrogens is 248 g/mol. The van der Waals surface area contributed by atoms with Crippen molar-refractivity contribution in [1.82, 2.24) is 9.78 Å². The quantitative estimate of drug-likeness (QED) is 0.847. The van der Waals surface area contributed by atoms with Gasteiger partial charge in [-0.15, -0.1) is 0 Å². The Morgan fingerprint density at radius 2 is 2.05 bits per heavy atom. The van der Waals surface area contributed by atoms with Crippen LogP contribution in [0, 0.1) is 0 Å². The third-order valence-corrected chi connectivity index (χ3v) is 2.70. The van der Waals surface area contributed by atoms with E-state index in [1.165, 1.54) is 10.7 Å². The van der Waals surface area contributed by atoms with Crippen molar-refractivity contribution in [3.8, 4) is 17.0 Å². The van der Waals surface area contributed by atoms with Crippen molar-refractivity contribution in [1.29, 1.82) is 0 Å². The van der Waals surface area contributed by atoms with Gasteiger partial charge in [-0.05, 0) is 30.3 Å². The number of nitrogens with zero attached hydrogens (tertiary/aromatic N) is 2. The van der Waals surface area contributed by atoms with Crippen LogP contribution in [-0.2, 0) is 6.54 Å². The molecule has 0 aliphatic rings. The lowest BCUT2D eigenvalue weighted by Crippen LogP contribution is -2.12. The Bertz CT molecular complexity index is 575. The lowest BCUT2D eigenvalue weighted by atomic mass is 10.1. The van der Waals surface area contributed by atoms with Gasteiger partial charge in [0.25, 0.3) is 0 Å². The first-order valence-corrected chi connectivity index (χ1v) is 5.72. The second kappa shape index (κ2) is 5.53. The van der Waals surface area contributed by atoms with Crippen LogP contribution in [-0.4, -0.2) is 39.7 Å². The Morgan fingerprint density at radius 3 is 2.58 bits per heavy atom. The third-order valence-electron chi connectivity index (χ3n) is 2.70.